The number of thiocarbonyl (C=S) groups is 1. The van der Waals surface area contributed by atoms with Crippen LogP contribution in [0, 0.1) is 0 Å². The van der Waals surface area contributed by atoms with Crippen LogP contribution >= 0.6 is 12.2 Å². The largest absolute Gasteiger partial charge is 0.465 e. The van der Waals surface area contributed by atoms with E-state index < -0.39 is 23.8 Å². The summed E-state index contributed by atoms with van der Waals surface area (Å²) in [7, 11) is 2.44. The highest BCUT2D eigenvalue weighted by Crippen LogP contribution is 2.28. The Morgan fingerprint density at radius 3 is 2.25 bits per heavy atom. The van der Waals surface area contributed by atoms with E-state index in [-0.39, 0.29) is 5.57 Å². The average Bonchev–Trinajstić information content (AvgIpc) is 2.59. The summed E-state index contributed by atoms with van der Waals surface area (Å²) in [5.41, 5.74) is 1.72. The number of nitrogens with one attached hydrogen (secondary N) is 2. The Morgan fingerprint density at radius 2 is 1.71 bits per heavy atom. The molecule has 7 nitrogen and oxygen atoms in total. The van der Waals surface area contributed by atoms with Crippen LogP contribution in [0.1, 0.15) is 28.9 Å². The molecule has 1 aromatic rings. The Labute approximate surface area is 144 Å². The van der Waals surface area contributed by atoms with Gasteiger partial charge in [-0.2, -0.15) is 0 Å². The van der Waals surface area contributed by atoms with Crippen molar-refractivity contribution >= 4 is 35.1 Å². The number of hydrogen-bond donors (Lipinski definition) is 2. The number of ether oxygens (including phenoxy) is 2. The Balaban J connectivity index is 2.43. The summed E-state index contributed by atoms with van der Waals surface area (Å²) >= 11 is 5.12. The summed E-state index contributed by atoms with van der Waals surface area (Å²) in [6.45, 7) is 1.65. The number of rotatable bonds is 4. The standard InChI is InChI=1S/C16H16N2O5S/c1-8-11(13(19)15(21)23-3)12(18-16(24)17-8)9-4-6-10(7-5-9)14(20)22-2/h4-7,12H,1-3H3,(H2,17,18,24)/t12-/m1/s1. The van der Waals surface area contributed by atoms with Gasteiger partial charge in [0.05, 0.1) is 31.4 Å². The highest BCUT2D eigenvalue weighted by molar-refractivity contribution is 7.80. The maximum Gasteiger partial charge on any atom is 0.379 e. The molecule has 2 N–H and O–H groups in total. The first kappa shape index (κ1) is 17.6. The van der Waals surface area contributed by atoms with Crippen LogP contribution in [0.25, 0.3) is 0 Å². The predicted molar refractivity (Wildman–Crippen MR) is 89.1 cm³/mol. The molecule has 0 aromatic heterocycles. The van der Waals surface area contributed by atoms with Gasteiger partial charge in [0, 0.05) is 5.70 Å². The third kappa shape index (κ3) is 3.43. The minimum absolute atomic E-state index is 0.210. The van der Waals surface area contributed by atoms with Gasteiger partial charge in [-0.05, 0) is 36.8 Å². The van der Waals surface area contributed by atoms with Crippen molar-refractivity contribution in [3.05, 3.63) is 46.7 Å². The van der Waals surface area contributed by atoms with Gasteiger partial charge in [-0.1, -0.05) is 12.1 Å². The first-order valence-electron chi connectivity index (χ1n) is 6.98. The third-order valence-corrected chi connectivity index (χ3v) is 3.77. The fourth-order valence-electron chi connectivity index (χ4n) is 2.38. The molecule has 0 saturated carbocycles. The molecule has 126 valence electrons. The van der Waals surface area contributed by atoms with Gasteiger partial charge < -0.3 is 20.1 Å². The second kappa shape index (κ2) is 7.22. The van der Waals surface area contributed by atoms with Crippen LogP contribution < -0.4 is 10.6 Å². The Morgan fingerprint density at radius 1 is 1.08 bits per heavy atom. The van der Waals surface area contributed by atoms with E-state index in [9.17, 15) is 14.4 Å². The summed E-state index contributed by atoms with van der Waals surface area (Å²) in [5, 5.41) is 6.11. The maximum absolute atomic E-state index is 12.3. The van der Waals surface area contributed by atoms with Crippen molar-refractivity contribution in [3.63, 3.8) is 0 Å². The van der Waals surface area contributed by atoms with E-state index in [2.05, 4.69) is 20.1 Å². The van der Waals surface area contributed by atoms with Gasteiger partial charge in [0.2, 0.25) is 0 Å². The van der Waals surface area contributed by atoms with E-state index in [0.717, 1.165) is 7.11 Å². The highest BCUT2D eigenvalue weighted by atomic mass is 32.1. The number of benzene rings is 1. The fourth-order valence-corrected chi connectivity index (χ4v) is 2.65. The highest BCUT2D eigenvalue weighted by Gasteiger charge is 2.33. The van der Waals surface area contributed by atoms with E-state index in [0.29, 0.717) is 21.9 Å². The van der Waals surface area contributed by atoms with Crippen LogP contribution in [0.15, 0.2) is 35.5 Å². The lowest BCUT2D eigenvalue weighted by Gasteiger charge is -2.29. The van der Waals surface area contributed by atoms with Crippen LogP contribution in [-0.4, -0.2) is 37.1 Å². The molecule has 24 heavy (non-hydrogen) atoms. The molecule has 0 amide bonds. The minimum Gasteiger partial charge on any atom is -0.465 e. The number of allylic oxidation sites excluding steroid dienone is 1. The van der Waals surface area contributed by atoms with Crippen molar-refractivity contribution in [3.8, 4) is 0 Å². The molecule has 0 aliphatic carbocycles. The second-order valence-corrected chi connectivity index (χ2v) is 5.41. The number of methoxy groups -OCH3 is 2. The third-order valence-electron chi connectivity index (χ3n) is 3.55. The Kier molecular flexibility index (Phi) is 5.30. The molecule has 0 bridgehead atoms. The number of carbonyl (C=O) groups is 3. The zero-order valence-corrected chi connectivity index (χ0v) is 14.2. The van der Waals surface area contributed by atoms with Crippen molar-refractivity contribution in [2.75, 3.05) is 14.2 Å². The number of Topliss-reactive ketones (excluding diaryl/α,β-unsaturated/α-hetero) is 1. The molecule has 0 fully saturated rings. The summed E-state index contributed by atoms with van der Waals surface area (Å²) in [6.07, 6.45) is 0. The fraction of sp³-hybridized carbons (Fsp3) is 0.250. The van der Waals surface area contributed by atoms with Crippen molar-refractivity contribution in [2.45, 2.75) is 13.0 Å². The molecule has 0 spiro atoms. The van der Waals surface area contributed by atoms with Gasteiger partial charge in [0.15, 0.2) is 5.11 Å². The summed E-state index contributed by atoms with van der Waals surface area (Å²) < 4.78 is 9.17. The first-order valence-corrected chi connectivity index (χ1v) is 7.39. The summed E-state index contributed by atoms with van der Waals surface area (Å²) in [6, 6.07) is 5.84. The summed E-state index contributed by atoms with van der Waals surface area (Å²) in [5.74, 6) is -2.19. The number of carbonyl (C=O) groups excluding carboxylic acids is 3. The molecule has 1 atom stereocenters. The van der Waals surface area contributed by atoms with Crippen molar-refractivity contribution < 1.29 is 23.9 Å². The quantitative estimate of drug-likeness (QED) is 0.473. The lowest BCUT2D eigenvalue weighted by atomic mass is 9.92. The van der Waals surface area contributed by atoms with E-state index in [1.54, 1.807) is 31.2 Å². The van der Waals surface area contributed by atoms with Crippen LogP contribution in [-0.2, 0) is 19.1 Å². The zero-order valence-electron chi connectivity index (χ0n) is 13.3. The van der Waals surface area contributed by atoms with Gasteiger partial charge in [0.1, 0.15) is 0 Å². The SMILES string of the molecule is COC(=O)C(=O)C1=C(C)NC(=S)N[C@@H]1c1ccc(C(=O)OC)cc1. The van der Waals surface area contributed by atoms with E-state index in [1.165, 1.54) is 7.11 Å². The average molecular weight is 348 g/mol. The molecule has 0 saturated heterocycles. The van der Waals surface area contributed by atoms with Gasteiger partial charge in [-0.3, -0.25) is 4.79 Å². The summed E-state index contributed by atoms with van der Waals surface area (Å²) in [4.78, 5) is 35.5. The molecule has 1 aliphatic rings. The molecule has 8 heteroatoms. The number of ketones is 1. The maximum atomic E-state index is 12.3. The van der Waals surface area contributed by atoms with Crippen molar-refractivity contribution in [1.82, 2.24) is 10.6 Å². The molecule has 2 rings (SSSR count). The molecule has 1 aromatic carbocycles. The minimum atomic E-state index is -0.961. The number of hydrogen-bond acceptors (Lipinski definition) is 6. The van der Waals surface area contributed by atoms with Crippen molar-refractivity contribution in [2.24, 2.45) is 0 Å². The van der Waals surface area contributed by atoms with E-state index >= 15 is 0 Å². The van der Waals surface area contributed by atoms with Crippen LogP contribution in [0.5, 0.6) is 0 Å². The molecule has 0 unspecified atom stereocenters. The Bertz CT molecular complexity index is 739. The van der Waals surface area contributed by atoms with Crippen molar-refractivity contribution in [1.29, 1.82) is 0 Å². The van der Waals surface area contributed by atoms with Gasteiger partial charge in [-0.25, -0.2) is 9.59 Å². The second-order valence-electron chi connectivity index (χ2n) is 5.00. The molecular formula is C16H16N2O5S. The lowest BCUT2D eigenvalue weighted by molar-refractivity contribution is -0.150. The topological polar surface area (TPSA) is 93.7 Å². The first-order chi connectivity index (χ1) is 11.4. The molecular weight excluding hydrogens is 332 g/mol. The van der Waals surface area contributed by atoms with Crippen LogP contribution in [0.3, 0.4) is 0 Å². The van der Waals surface area contributed by atoms with E-state index in [4.69, 9.17) is 12.2 Å². The molecule has 1 aliphatic heterocycles. The zero-order chi connectivity index (χ0) is 17.9. The van der Waals surface area contributed by atoms with Gasteiger partial charge in [-0.15, -0.1) is 0 Å². The van der Waals surface area contributed by atoms with E-state index in [1.807, 2.05) is 0 Å². The normalized spacial score (nSPS) is 16.8. The molecule has 1 heterocycles. The lowest BCUT2D eigenvalue weighted by Crippen LogP contribution is -2.46. The van der Waals surface area contributed by atoms with Gasteiger partial charge >= 0.3 is 11.9 Å². The molecule has 0 radical (unpaired) electrons. The van der Waals surface area contributed by atoms with Crippen LogP contribution in [0.4, 0.5) is 0 Å². The number of esters is 2. The smallest absolute Gasteiger partial charge is 0.379 e. The predicted octanol–water partition coefficient (Wildman–Crippen LogP) is 1.01. The van der Waals surface area contributed by atoms with Gasteiger partial charge in [0.25, 0.3) is 5.78 Å². The van der Waals surface area contributed by atoms with Crippen LogP contribution in [0.2, 0.25) is 0 Å². The Hall–Kier alpha value is -2.74. The monoisotopic (exact) mass is 348 g/mol.